The number of thiophene rings is 1. The maximum Gasteiger partial charge on any atom is 0.416 e. The fraction of sp³-hybridized carbons (Fsp3) is 0.312. The van der Waals surface area contributed by atoms with E-state index in [-0.39, 0.29) is 18.1 Å². The smallest absolute Gasteiger partial charge is 0.325 e. The quantitative estimate of drug-likeness (QED) is 0.923. The molecule has 7 heteroatoms. The van der Waals surface area contributed by atoms with Gasteiger partial charge < -0.3 is 5.32 Å². The number of hydrogen-bond acceptors (Lipinski definition) is 3. The number of halogens is 3. The van der Waals surface area contributed by atoms with Gasteiger partial charge in [-0.1, -0.05) is 6.07 Å². The average Bonchev–Trinajstić information content (AvgIpc) is 2.94. The molecule has 1 aliphatic heterocycles. The van der Waals surface area contributed by atoms with Gasteiger partial charge in [0.05, 0.1) is 12.1 Å². The Morgan fingerprint density at radius 3 is 2.91 bits per heavy atom. The third kappa shape index (κ3) is 3.92. The first-order valence-corrected chi connectivity index (χ1v) is 8.04. The summed E-state index contributed by atoms with van der Waals surface area (Å²) < 4.78 is 38.0. The number of alkyl halides is 3. The first-order valence-electron chi connectivity index (χ1n) is 7.16. The molecule has 1 amide bonds. The molecule has 0 bridgehead atoms. The molecule has 0 unspecified atom stereocenters. The molecule has 0 aliphatic carbocycles. The van der Waals surface area contributed by atoms with Crippen LogP contribution in [-0.4, -0.2) is 23.9 Å². The first kappa shape index (κ1) is 16.0. The van der Waals surface area contributed by atoms with Gasteiger partial charge in [-0.3, -0.25) is 9.69 Å². The molecule has 3 nitrogen and oxygen atoms in total. The summed E-state index contributed by atoms with van der Waals surface area (Å²) in [5.74, 6) is -0.303. The summed E-state index contributed by atoms with van der Waals surface area (Å²) in [6.45, 7) is 1.66. The molecule has 1 N–H and O–H groups in total. The number of fused-ring (bicyclic) bond motifs is 1. The molecule has 0 radical (unpaired) electrons. The molecular formula is C16H15F3N2OS. The standard InChI is InChI=1S/C16H15F3N2OS/c17-16(18,19)12-2-1-3-13(8-12)20-15(22)10-21-6-4-14-11(9-21)5-7-23-14/h1-3,5,7-8H,4,6,9-10H2,(H,20,22). The van der Waals surface area contributed by atoms with Crippen LogP contribution in [0.1, 0.15) is 16.0 Å². The Morgan fingerprint density at radius 2 is 2.13 bits per heavy atom. The van der Waals surface area contributed by atoms with Crippen LogP contribution in [0.2, 0.25) is 0 Å². The largest absolute Gasteiger partial charge is 0.416 e. The van der Waals surface area contributed by atoms with Gasteiger partial charge >= 0.3 is 6.18 Å². The van der Waals surface area contributed by atoms with Crippen LogP contribution in [-0.2, 0) is 23.9 Å². The molecule has 1 aromatic carbocycles. The van der Waals surface area contributed by atoms with Crippen LogP contribution in [0.4, 0.5) is 18.9 Å². The van der Waals surface area contributed by atoms with Crippen molar-refractivity contribution in [3.8, 4) is 0 Å². The normalized spacial score (nSPS) is 15.3. The molecule has 0 saturated carbocycles. The number of carbonyl (C=O) groups is 1. The number of anilines is 1. The van der Waals surface area contributed by atoms with Crippen LogP contribution in [0.3, 0.4) is 0 Å². The molecule has 0 fully saturated rings. The minimum atomic E-state index is -4.41. The third-order valence-electron chi connectivity index (χ3n) is 3.73. The fourth-order valence-corrected chi connectivity index (χ4v) is 3.51. The average molecular weight is 340 g/mol. The van der Waals surface area contributed by atoms with Gasteiger partial charge in [-0.05, 0) is 41.6 Å². The van der Waals surface area contributed by atoms with E-state index in [0.29, 0.717) is 6.54 Å². The first-order chi connectivity index (χ1) is 10.9. The second-order valence-corrected chi connectivity index (χ2v) is 6.46. The van der Waals surface area contributed by atoms with E-state index in [2.05, 4.69) is 11.4 Å². The van der Waals surface area contributed by atoms with Gasteiger partial charge in [0.1, 0.15) is 0 Å². The van der Waals surface area contributed by atoms with Gasteiger partial charge in [-0.25, -0.2) is 0 Å². The minimum Gasteiger partial charge on any atom is -0.325 e. The summed E-state index contributed by atoms with van der Waals surface area (Å²) >= 11 is 1.72. The second kappa shape index (κ2) is 6.33. The predicted octanol–water partition coefficient (Wildman–Crippen LogP) is 3.76. The minimum absolute atomic E-state index is 0.165. The number of nitrogens with zero attached hydrogens (tertiary/aromatic N) is 1. The Bertz CT molecular complexity index is 711. The van der Waals surface area contributed by atoms with Crippen molar-refractivity contribution >= 4 is 22.9 Å². The van der Waals surface area contributed by atoms with Crippen LogP contribution in [0.5, 0.6) is 0 Å². The summed E-state index contributed by atoms with van der Waals surface area (Å²) in [4.78, 5) is 15.4. The maximum absolute atomic E-state index is 12.7. The highest BCUT2D eigenvalue weighted by Crippen LogP contribution is 2.30. The monoisotopic (exact) mass is 340 g/mol. The molecular weight excluding hydrogens is 325 g/mol. The van der Waals surface area contributed by atoms with E-state index in [0.717, 1.165) is 25.1 Å². The molecule has 2 aromatic rings. The summed E-state index contributed by atoms with van der Waals surface area (Å²) in [6.07, 6.45) is -3.51. The molecule has 2 heterocycles. The Hall–Kier alpha value is -1.86. The lowest BCUT2D eigenvalue weighted by molar-refractivity contribution is -0.137. The van der Waals surface area contributed by atoms with E-state index in [4.69, 9.17) is 0 Å². The van der Waals surface area contributed by atoms with Crippen molar-refractivity contribution in [1.82, 2.24) is 4.90 Å². The van der Waals surface area contributed by atoms with Crippen LogP contribution < -0.4 is 5.32 Å². The molecule has 0 saturated heterocycles. The third-order valence-corrected chi connectivity index (χ3v) is 4.75. The summed E-state index contributed by atoms with van der Waals surface area (Å²) in [5.41, 5.74) is 0.627. The zero-order chi connectivity index (χ0) is 16.4. The van der Waals surface area contributed by atoms with E-state index in [1.54, 1.807) is 11.3 Å². The summed E-state index contributed by atoms with van der Waals surface area (Å²) in [5, 5.41) is 4.58. The van der Waals surface area contributed by atoms with Gasteiger partial charge in [-0.15, -0.1) is 11.3 Å². The highest BCUT2D eigenvalue weighted by molar-refractivity contribution is 7.10. The van der Waals surface area contributed by atoms with Gasteiger partial charge in [0.25, 0.3) is 0 Å². The Morgan fingerprint density at radius 1 is 1.30 bits per heavy atom. The fourth-order valence-electron chi connectivity index (χ4n) is 2.62. The second-order valence-electron chi connectivity index (χ2n) is 5.46. The van der Waals surface area contributed by atoms with E-state index < -0.39 is 11.7 Å². The molecule has 122 valence electrons. The van der Waals surface area contributed by atoms with E-state index in [1.807, 2.05) is 10.3 Å². The van der Waals surface area contributed by atoms with Crippen molar-refractivity contribution < 1.29 is 18.0 Å². The predicted molar refractivity (Wildman–Crippen MR) is 83.4 cm³/mol. The van der Waals surface area contributed by atoms with Crippen LogP contribution in [0.25, 0.3) is 0 Å². The lowest BCUT2D eigenvalue weighted by Gasteiger charge is -2.26. The lowest BCUT2D eigenvalue weighted by Crippen LogP contribution is -2.36. The van der Waals surface area contributed by atoms with E-state index in [9.17, 15) is 18.0 Å². The van der Waals surface area contributed by atoms with Crippen LogP contribution in [0, 0.1) is 0 Å². The number of carbonyl (C=O) groups excluding carboxylic acids is 1. The highest BCUT2D eigenvalue weighted by Gasteiger charge is 2.30. The molecule has 1 aliphatic rings. The van der Waals surface area contributed by atoms with E-state index >= 15 is 0 Å². The van der Waals surface area contributed by atoms with Crippen molar-refractivity contribution in [3.63, 3.8) is 0 Å². The van der Waals surface area contributed by atoms with Crippen molar-refractivity contribution in [2.75, 3.05) is 18.4 Å². The van der Waals surface area contributed by atoms with Crippen molar-refractivity contribution in [1.29, 1.82) is 0 Å². The maximum atomic E-state index is 12.7. The van der Waals surface area contributed by atoms with Gasteiger partial charge in [0.2, 0.25) is 5.91 Å². The SMILES string of the molecule is O=C(CN1CCc2sccc2C1)Nc1cccc(C(F)(F)F)c1. The molecule has 23 heavy (non-hydrogen) atoms. The van der Waals surface area contributed by atoms with Crippen LogP contribution in [0.15, 0.2) is 35.7 Å². The molecule has 0 spiro atoms. The van der Waals surface area contributed by atoms with Gasteiger partial charge in [0, 0.05) is 23.7 Å². The number of rotatable bonds is 3. The number of benzene rings is 1. The molecule has 1 aromatic heterocycles. The Labute approximate surface area is 135 Å². The molecule has 3 rings (SSSR count). The van der Waals surface area contributed by atoms with Crippen molar-refractivity contribution in [2.45, 2.75) is 19.1 Å². The Balaban J connectivity index is 1.60. The summed E-state index contributed by atoms with van der Waals surface area (Å²) in [7, 11) is 0. The van der Waals surface area contributed by atoms with Crippen molar-refractivity contribution in [3.05, 3.63) is 51.7 Å². The number of amides is 1. The summed E-state index contributed by atoms with van der Waals surface area (Å²) in [6, 6.07) is 6.73. The Kier molecular flexibility index (Phi) is 4.41. The number of nitrogens with one attached hydrogen (secondary N) is 1. The zero-order valence-corrected chi connectivity index (χ0v) is 13.0. The van der Waals surface area contributed by atoms with E-state index in [1.165, 1.54) is 22.6 Å². The van der Waals surface area contributed by atoms with Crippen molar-refractivity contribution in [2.24, 2.45) is 0 Å². The highest BCUT2D eigenvalue weighted by atomic mass is 32.1. The van der Waals surface area contributed by atoms with Gasteiger partial charge in [-0.2, -0.15) is 13.2 Å². The van der Waals surface area contributed by atoms with Gasteiger partial charge in [0.15, 0.2) is 0 Å². The lowest BCUT2D eigenvalue weighted by atomic mass is 10.1. The molecule has 0 atom stereocenters. The van der Waals surface area contributed by atoms with Crippen LogP contribution >= 0.6 is 11.3 Å². The number of hydrogen-bond donors (Lipinski definition) is 1. The zero-order valence-electron chi connectivity index (χ0n) is 12.2. The topological polar surface area (TPSA) is 32.3 Å².